The molecule has 0 aliphatic heterocycles. The molecule has 0 bridgehead atoms. The van der Waals surface area contributed by atoms with E-state index >= 15 is 0 Å². The molecule has 0 fully saturated rings. The summed E-state index contributed by atoms with van der Waals surface area (Å²) in [5, 5.41) is 6.47. The van der Waals surface area contributed by atoms with Crippen LogP contribution in [0, 0.1) is 12.7 Å². The Labute approximate surface area is 136 Å². The zero-order valence-corrected chi connectivity index (χ0v) is 13.6. The van der Waals surface area contributed by atoms with Gasteiger partial charge in [0.25, 0.3) is 0 Å². The van der Waals surface area contributed by atoms with Gasteiger partial charge in [-0.15, -0.1) is 0 Å². The maximum Gasteiger partial charge on any atom is 0.224 e. The van der Waals surface area contributed by atoms with E-state index in [1.807, 2.05) is 13.0 Å². The van der Waals surface area contributed by atoms with Crippen molar-refractivity contribution < 1.29 is 9.13 Å². The van der Waals surface area contributed by atoms with Gasteiger partial charge in [-0.3, -0.25) is 0 Å². The number of aryl methyl sites for hydroxylation is 1. The maximum absolute atomic E-state index is 12.9. The minimum Gasteiger partial charge on any atom is -0.385 e. The first-order chi connectivity index (χ1) is 11.2. The molecule has 23 heavy (non-hydrogen) atoms. The molecule has 0 aliphatic rings. The van der Waals surface area contributed by atoms with Crippen LogP contribution in [0.15, 0.2) is 30.3 Å². The van der Waals surface area contributed by atoms with Crippen molar-refractivity contribution in [3.63, 3.8) is 0 Å². The van der Waals surface area contributed by atoms with Crippen LogP contribution in [0.25, 0.3) is 0 Å². The third-order valence-electron chi connectivity index (χ3n) is 3.30. The molecule has 124 valence electrons. The lowest BCUT2D eigenvalue weighted by Gasteiger charge is -2.10. The summed E-state index contributed by atoms with van der Waals surface area (Å²) in [6.45, 7) is 4.16. The summed E-state index contributed by atoms with van der Waals surface area (Å²) in [5.74, 6) is 1.19. The summed E-state index contributed by atoms with van der Waals surface area (Å²) in [4.78, 5) is 8.82. The lowest BCUT2D eigenvalue weighted by atomic mass is 10.1. The fourth-order valence-electron chi connectivity index (χ4n) is 2.14. The number of halogens is 1. The van der Waals surface area contributed by atoms with Crippen LogP contribution in [-0.2, 0) is 11.2 Å². The van der Waals surface area contributed by atoms with Crippen molar-refractivity contribution in [2.45, 2.75) is 19.8 Å². The van der Waals surface area contributed by atoms with Crippen LogP contribution in [0.5, 0.6) is 0 Å². The van der Waals surface area contributed by atoms with E-state index in [2.05, 4.69) is 20.6 Å². The molecule has 2 aromatic rings. The van der Waals surface area contributed by atoms with Gasteiger partial charge in [-0.2, -0.15) is 4.98 Å². The highest BCUT2D eigenvalue weighted by molar-refractivity contribution is 5.42. The average molecular weight is 318 g/mol. The van der Waals surface area contributed by atoms with Crippen molar-refractivity contribution in [1.82, 2.24) is 9.97 Å². The van der Waals surface area contributed by atoms with Crippen LogP contribution >= 0.6 is 0 Å². The molecular weight excluding hydrogens is 295 g/mol. The molecule has 0 spiro atoms. The number of hydrogen-bond donors (Lipinski definition) is 2. The summed E-state index contributed by atoms with van der Waals surface area (Å²) >= 11 is 0. The van der Waals surface area contributed by atoms with Crippen LogP contribution in [0.4, 0.5) is 16.2 Å². The Morgan fingerprint density at radius 2 is 1.87 bits per heavy atom. The highest BCUT2D eigenvalue weighted by atomic mass is 19.1. The van der Waals surface area contributed by atoms with E-state index in [1.165, 1.54) is 12.1 Å². The molecule has 2 N–H and O–H groups in total. The van der Waals surface area contributed by atoms with Crippen molar-refractivity contribution >= 4 is 11.8 Å². The Kier molecular flexibility index (Phi) is 6.75. The summed E-state index contributed by atoms with van der Waals surface area (Å²) < 4.78 is 17.9. The lowest BCUT2D eigenvalue weighted by molar-refractivity contribution is 0.198. The molecule has 1 aromatic heterocycles. The molecule has 1 aromatic carbocycles. The van der Waals surface area contributed by atoms with Crippen molar-refractivity contribution in [3.05, 3.63) is 47.4 Å². The van der Waals surface area contributed by atoms with Gasteiger partial charge in [0.1, 0.15) is 11.6 Å². The smallest absolute Gasteiger partial charge is 0.224 e. The molecule has 0 saturated heterocycles. The fraction of sp³-hybridized carbons (Fsp3) is 0.412. The molecular formula is C17H23FN4O. The van der Waals surface area contributed by atoms with E-state index in [4.69, 9.17) is 4.74 Å². The average Bonchev–Trinajstić information content (AvgIpc) is 2.53. The largest absolute Gasteiger partial charge is 0.385 e. The SMILES string of the molecule is COCCCNc1cc(C)nc(NCCc2ccc(F)cc2)n1. The number of ether oxygens (including phenoxy) is 1. The number of aromatic nitrogens is 2. The molecule has 0 aliphatic carbocycles. The van der Waals surface area contributed by atoms with Crippen LogP contribution < -0.4 is 10.6 Å². The second-order valence-electron chi connectivity index (χ2n) is 5.29. The van der Waals surface area contributed by atoms with Crippen LogP contribution in [0.2, 0.25) is 0 Å². The molecule has 0 saturated carbocycles. The lowest BCUT2D eigenvalue weighted by Crippen LogP contribution is -2.11. The summed E-state index contributed by atoms with van der Waals surface area (Å²) in [6, 6.07) is 8.44. The van der Waals surface area contributed by atoms with Crippen molar-refractivity contribution in [2.75, 3.05) is 37.4 Å². The fourth-order valence-corrected chi connectivity index (χ4v) is 2.14. The number of hydrogen-bond acceptors (Lipinski definition) is 5. The van der Waals surface area contributed by atoms with Crippen LogP contribution in [0.3, 0.4) is 0 Å². The van der Waals surface area contributed by atoms with E-state index in [1.54, 1.807) is 19.2 Å². The van der Waals surface area contributed by atoms with Crippen molar-refractivity contribution in [1.29, 1.82) is 0 Å². The number of methoxy groups -OCH3 is 1. The number of nitrogens with one attached hydrogen (secondary N) is 2. The number of anilines is 2. The quantitative estimate of drug-likeness (QED) is 0.696. The van der Waals surface area contributed by atoms with E-state index in [9.17, 15) is 4.39 Å². The first kappa shape index (κ1) is 17.1. The Morgan fingerprint density at radius 1 is 1.09 bits per heavy atom. The number of benzene rings is 1. The molecule has 1 heterocycles. The Morgan fingerprint density at radius 3 is 2.61 bits per heavy atom. The van der Waals surface area contributed by atoms with Gasteiger partial charge in [-0.1, -0.05) is 12.1 Å². The maximum atomic E-state index is 12.9. The van der Waals surface area contributed by atoms with Gasteiger partial charge in [0, 0.05) is 38.6 Å². The van der Waals surface area contributed by atoms with Gasteiger partial charge < -0.3 is 15.4 Å². The molecule has 0 radical (unpaired) electrons. The topological polar surface area (TPSA) is 59.1 Å². The van der Waals surface area contributed by atoms with Gasteiger partial charge in [-0.25, -0.2) is 9.37 Å². The monoisotopic (exact) mass is 318 g/mol. The van der Waals surface area contributed by atoms with Crippen LogP contribution in [0.1, 0.15) is 17.7 Å². The van der Waals surface area contributed by atoms with Gasteiger partial charge in [0.15, 0.2) is 0 Å². The van der Waals surface area contributed by atoms with Gasteiger partial charge in [0.05, 0.1) is 0 Å². The Balaban J connectivity index is 1.84. The summed E-state index contributed by atoms with van der Waals surface area (Å²) in [7, 11) is 1.69. The highest BCUT2D eigenvalue weighted by Gasteiger charge is 2.02. The minimum atomic E-state index is -0.215. The third-order valence-corrected chi connectivity index (χ3v) is 3.30. The van der Waals surface area contributed by atoms with E-state index < -0.39 is 0 Å². The third kappa shape index (κ3) is 6.20. The Hall–Kier alpha value is -2.21. The van der Waals surface area contributed by atoms with Gasteiger partial charge in [-0.05, 0) is 37.5 Å². The molecule has 6 heteroatoms. The zero-order valence-electron chi connectivity index (χ0n) is 13.6. The Bertz CT molecular complexity index is 604. The van der Waals surface area contributed by atoms with Crippen molar-refractivity contribution in [2.24, 2.45) is 0 Å². The normalized spacial score (nSPS) is 10.6. The summed E-state index contributed by atoms with van der Waals surface area (Å²) in [5.41, 5.74) is 1.97. The predicted molar refractivity (Wildman–Crippen MR) is 90.3 cm³/mol. The van der Waals surface area contributed by atoms with Gasteiger partial charge in [0.2, 0.25) is 5.95 Å². The number of rotatable bonds is 9. The van der Waals surface area contributed by atoms with E-state index in [0.29, 0.717) is 12.5 Å². The molecule has 0 amide bonds. The van der Waals surface area contributed by atoms with Gasteiger partial charge >= 0.3 is 0 Å². The van der Waals surface area contributed by atoms with E-state index in [0.717, 1.165) is 43.1 Å². The zero-order chi connectivity index (χ0) is 16.5. The first-order valence-electron chi connectivity index (χ1n) is 7.74. The molecule has 2 rings (SSSR count). The standard InChI is InChI=1S/C17H23FN4O/c1-13-12-16(19-9-3-11-23-2)22-17(21-13)20-10-8-14-4-6-15(18)7-5-14/h4-7,12H,3,8-11H2,1-2H3,(H2,19,20,21,22). The second kappa shape index (κ2) is 9.05. The highest BCUT2D eigenvalue weighted by Crippen LogP contribution is 2.10. The van der Waals surface area contributed by atoms with E-state index in [-0.39, 0.29) is 5.82 Å². The predicted octanol–water partition coefficient (Wildman–Crippen LogP) is 3.03. The molecule has 5 nitrogen and oxygen atoms in total. The van der Waals surface area contributed by atoms with Crippen molar-refractivity contribution in [3.8, 4) is 0 Å². The molecule has 0 atom stereocenters. The first-order valence-corrected chi connectivity index (χ1v) is 7.74. The molecule has 0 unspecified atom stereocenters. The van der Waals surface area contributed by atoms with Crippen LogP contribution in [-0.4, -0.2) is 36.8 Å². The summed E-state index contributed by atoms with van der Waals surface area (Å²) in [6.07, 6.45) is 1.71. The number of nitrogens with zero attached hydrogens (tertiary/aromatic N) is 2. The minimum absolute atomic E-state index is 0.215. The second-order valence-corrected chi connectivity index (χ2v) is 5.29.